The average Bonchev–Trinajstić information content (AvgIpc) is 2.93. The molecule has 11 heteroatoms. The Labute approximate surface area is 221 Å². The normalized spacial score (nSPS) is 13.5. The van der Waals surface area contributed by atoms with Crippen LogP contribution in [0.5, 0.6) is 0 Å². The van der Waals surface area contributed by atoms with Crippen LogP contribution >= 0.6 is 0 Å². The number of anilines is 4. The third-order valence-electron chi connectivity index (χ3n) is 6.40. The highest BCUT2D eigenvalue weighted by Gasteiger charge is 2.17. The van der Waals surface area contributed by atoms with E-state index in [4.69, 9.17) is 12.3 Å². The number of hydrogen-bond donors (Lipinski definition) is 3. The summed E-state index contributed by atoms with van der Waals surface area (Å²) in [5, 5.41) is 17.5. The fourth-order valence-electron chi connectivity index (χ4n) is 4.35. The number of piperazine rings is 1. The Morgan fingerprint density at radius 3 is 2.58 bits per heavy atom. The average molecular weight is 515 g/mol. The molecule has 0 unspecified atom stereocenters. The number of nitrogens with one attached hydrogen (secondary N) is 2. The SMILES string of the molecule is [C-]#[N+]CCCN1CCN(c2ccc(Nc3cc(NCc4cccc([N+](=O)[O-])c4)c(C(N)=O)cn3)cc2)CC1. The number of nitro benzene ring substituents is 1. The van der Waals surface area contributed by atoms with Crippen LogP contribution < -0.4 is 21.3 Å². The molecule has 1 amide bonds. The summed E-state index contributed by atoms with van der Waals surface area (Å²) in [7, 11) is 0. The number of carbonyl (C=O) groups excluding carboxylic acids is 1. The highest BCUT2D eigenvalue weighted by atomic mass is 16.6. The number of nitro groups is 1. The molecule has 11 nitrogen and oxygen atoms in total. The van der Waals surface area contributed by atoms with E-state index in [1.54, 1.807) is 18.2 Å². The van der Waals surface area contributed by atoms with Gasteiger partial charge in [-0.15, -0.1) is 0 Å². The molecule has 196 valence electrons. The van der Waals surface area contributed by atoms with Crippen LogP contribution in [-0.2, 0) is 6.54 Å². The number of nitrogens with two attached hydrogens (primary N) is 1. The fraction of sp³-hybridized carbons (Fsp3) is 0.296. The van der Waals surface area contributed by atoms with Crippen LogP contribution in [0.4, 0.5) is 28.6 Å². The van der Waals surface area contributed by atoms with E-state index in [0.29, 0.717) is 23.6 Å². The van der Waals surface area contributed by atoms with Crippen LogP contribution in [0.15, 0.2) is 60.8 Å². The van der Waals surface area contributed by atoms with Crippen LogP contribution in [-0.4, -0.2) is 60.0 Å². The molecule has 1 aliphatic heterocycles. The Hall–Kier alpha value is -4.69. The monoisotopic (exact) mass is 514 g/mol. The van der Waals surface area contributed by atoms with Crippen LogP contribution in [0.25, 0.3) is 4.85 Å². The van der Waals surface area contributed by atoms with Crippen molar-refractivity contribution in [3.63, 3.8) is 0 Å². The zero-order chi connectivity index (χ0) is 26.9. The van der Waals surface area contributed by atoms with Crippen LogP contribution in [0, 0.1) is 16.7 Å². The lowest BCUT2D eigenvalue weighted by atomic mass is 10.1. The third kappa shape index (κ3) is 6.96. The van der Waals surface area contributed by atoms with E-state index in [-0.39, 0.29) is 17.8 Å². The molecule has 3 aromatic rings. The predicted molar refractivity (Wildman–Crippen MR) is 148 cm³/mol. The van der Waals surface area contributed by atoms with Gasteiger partial charge in [0.2, 0.25) is 6.54 Å². The van der Waals surface area contributed by atoms with Crippen molar-refractivity contribution in [2.45, 2.75) is 13.0 Å². The molecular weight excluding hydrogens is 484 g/mol. The van der Waals surface area contributed by atoms with Gasteiger partial charge in [0.25, 0.3) is 11.6 Å². The number of carbonyl (C=O) groups is 1. The number of amides is 1. The molecule has 0 spiro atoms. The summed E-state index contributed by atoms with van der Waals surface area (Å²) in [6, 6.07) is 16.1. The van der Waals surface area contributed by atoms with E-state index in [0.717, 1.165) is 50.5 Å². The molecular formula is C27H30N8O3. The zero-order valence-corrected chi connectivity index (χ0v) is 21.0. The molecule has 1 aliphatic rings. The van der Waals surface area contributed by atoms with Crippen molar-refractivity contribution in [1.82, 2.24) is 9.88 Å². The fourth-order valence-corrected chi connectivity index (χ4v) is 4.35. The number of non-ortho nitro benzene ring substituents is 1. The summed E-state index contributed by atoms with van der Waals surface area (Å²) < 4.78 is 0. The standard InChI is InChI=1S/C27H30N8O3/c1-29-10-3-11-33-12-14-34(15-13-33)22-8-6-21(7-9-22)32-26-17-25(24(19-31-26)27(28)36)30-18-20-4-2-5-23(16-20)35(37)38/h2,4-9,16-17,19H,3,10-15,18H2,(H2,28,36)(H2,30,31,32). The van der Waals surface area contributed by atoms with Crippen LogP contribution in [0.1, 0.15) is 22.3 Å². The van der Waals surface area contributed by atoms with E-state index in [1.165, 1.54) is 18.3 Å². The highest BCUT2D eigenvalue weighted by molar-refractivity contribution is 5.98. The van der Waals surface area contributed by atoms with E-state index in [2.05, 4.69) is 42.4 Å². The van der Waals surface area contributed by atoms with E-state index >= 15 is 0 Å². The van der Waals surface area contributed by atoms with Crippen molar-refractivity contribution >= 4 is 34.5 Å². The Morgan fingerprint density at radius 1 is 1.13 bits per heavy atom. The van der Waals surface area contributed by atoms with E-state index in [9.17, 15) is 14.9 Å². The van der Waals surface area contributed by atoms with Crippen molar-refractivity contribution in [2.24, 2.45) is 5.73 Å². The number of rotatable bonds is 11. The van der Waals surface area contributed by atoms with Gasteiger partial charge in [0.1, 0.15) is 5.82 Å². The first-order valence-electron chi connectivity index (χ1n) is 12.4. The molecule has 2 heterocycles. The van der Waals surface area contributed by atoms with Crippen molar-refractivity contribution in [3.05, 3.63) is 93.5 Å². The number of hydrogen-bond acceptors (Lipinski definition) is 8. The molecule has 38 heavy (non-hydrogen) atoms. The summed E-state index contributed by atoms with van der Waals surface area (Å²) in [6.07, 6.45) is 2.33. The maximum Gasteiger partial charge on any atom is 0.269 e. The number of nitrogens with zero attached hydrogens (tertiary/aromatic N) is 5. The Bertz CT molecular complexity index is 1310. The van der Waals surface area contributed by atoms with Gasteiger partial charge >= 0.3 is 0 Å². The first-order chi connectivity index (χ1) is 18.4. The lowest BCUT2D eigenvalue weighted by Crippen LogP contribution is -2.46. The minimum Gasteiger partial charge on any atom is -0.380 e. The maximum atomic E-state index is 11.9. The summed E-state index contributed by atoms with van der Waals surface area (Å²) in [5.74, 6) is -0.0984. The van der Waals surface area contributed by atoms with Crippen molar-refractivity contribution in [2.75, 3.05) is 54.8 Å². The van der Waals surface area contributed by atoms with Gasteiger partial charge in [-0.1, -0.05) is 12.1 Å². The molecule has 0 aliphatic carbocycles. The maximum absolute atomic E-state index is 11.9. The van der Waals surface area contributed by atoms with Crippen LogP contribution in [0.2, 0.25) is 0 Å². The Kier molecular flexibility index (Phi) is 8.69. The van der Waals surface area contributed by atoms with Gasteiger partial charge in [0.15, 0.2) is 0 Å². The topological polar surface area (TPSA) is 134 Å². The molecule has 1 aromatic heterocycles. The smallest absolute Gasteiger partial charge is 0.269 e. The largest absolute Gasteiger partial charge is 0.380 e. The second-order valence-corrected chi connectivity index (χ2v) is 9.00. The Balaban J connectivity index is 1.38. The minimum atomic E-state index is -0.624. The summed E-state index contributed by atoms with van der Waals surface area (Å²) in [4.78, 5) is 35.0. The van der Waals surface area contributed by atoms with Gasteiger partial charge < -0.3 is 26.1 Å². The summed E-state index contributed by atoms with van der Waals surface area (Å²) in [5.41, 5.74) is 8.92. The number of benzene rings is 2. The lowest BCUT2D eigenvalue weighted by molar-refractivity contribution is -0.384. The Morgan fingerprint density at radius 2 is 1.89 bits per heavy atom. The zero-order valence-electron chi connectivity index (χ0n) is 21.0. The molecule has 0 bridgehead atoms. The predicted octanol–water partition coefficient (Wildman–Crippen LogP) is 3.88. The first-order valence-corrected chi connectivity index (χ1v) is 12.4. The van der Waals surface area contributed by atoms with Crippen molar-refractivity contribution in [3.8, 4) is 0 Å². The van der Waals surface area contributed by atoms with Gasteiger partial charge in [0, 0.05) is 81.5 Å². The van der Waals surface area contributed by atoms with Gasteiger partial charge in [-0.3, -0.25) is 19.8 Å². The van der Waals surface area contributed by atoms with E-state index < -0.39 is 10.8 Å². The van der Waals surface area contributed by atoms with Crippen molar-refractivity contribution in [1.29, 1.82) is 0 Å². The molecule has 1 fully saturated rings. The molecule has 0 atom stereocenters. The molecule has 0 saturated carbocycles. The van der Waals surface area contributed by atoms with Crippen molar-refractivity contribution < 1.29 is 9.72 Å². The lowest BCUT2D eigenvalue weighted by Gasteiger charge is -2.36. The molecule has 4 N–H and O–H groups in total. The highest BCUT2D eigenvalue weighted by Crippen LogP contribution is 2.25. The van der Waals surface area contributed by atoms with Gasteiger partial charge in [-0.25, -0.2) is 11.6 Å². The van der Waals surface area contributed by atoms with E-state index in [1.807, 2.05) is 12.1 Å². The molecule has 4 rings (SSSR count). The third-order valence-corrected chi connectivity index (χ3v) is 6.40. The summed E-state index contributed by atoms with van der Waals surface area (Å²) >= 11 is 0. The molecule has 1 saturated heterocycles. The number of primary amides is 1. The quantitative estimate of drug-likeness (QED) is 0.152. The second kappa shape index (κ2) is 12.5. The molecule has 2 aromatic carbocycles. The molecule has 0 radical (unpaired) electrons. The van der Waals surface area contributed by atoms with Crippen LogP contribution in [0.3, 0.4) is 0 Å². The van der Waals surface area contributed by atoms with Gasteiger partial charge in [0.05, 0.1) is 16.2 Å². The van der Waals surface area contributed by atoms with Gasteiger partial charge in [-0.05, 0) is 29.8 Å². The number of pyridine rings is 1. The number of aromatic nitrogens is 1. The van der Waals surface area contributed by atoms with Gasteiger partial charge in [-0.2, -0.15) is 0 Å². The summed E-state index contributed by atoms with van der Waals surface area (Å²) in [6.45, 7) is 12.6. The first kappa shape index (κ1) is 26.4. The second-order valence-electron chi connectivity index (χ2n) is 9.00. The minimum absolute atomic E-state index is 0.00144.